The van der Waals surface area contributed by atoms with Crippen molar-refractivity contribution in [3.63, 3.8) is 0 Å². The minimum absolute atomic E-state index is 0.282. The molecule has 3 rings (SSSR count). The Labute approximate surface area is 128 Å². The van der Waals surface area contributed by atoms with Crippen molar-refractivity contribution in [3.8, 4) is 5.75 Å². The van der Waals surface area contributed by atoms with E-state index in [0.717, 1.165) is 25.2 Å². The summed E-state index contributed by atoms with van der Waals surface area (Å²) < 4.78 is 5.85. The Balaban J connectivity index is 1.92. The zero-order chi connectivity index (χ0) is 14.9. The van der Waals surface area contributed by atoms with Gasteiger partial charge in [-0.3, -0.25) is 0 Å². The smallest absolute Gasteiger partial charge is 0.122 e. The quantitative estimate of drug-likeness (QED) is 0.735. The number of ether oxygens (including phenoxy) is 1. The van der Waals surface area contributed by atoms with Crippen molar-refractivity contribution in [2.24, 2.45) is 5.41 Å². The van der Waals surface area contributed by atoms with Gasteiger partial charge in [0.15, 0.2) is 0 Å². The molecule has 1 atom stereocenters. The van der Waals surface area contributed by atoms with Crippen LogP contribution in [0.1, 0.15) is 49.8 Å². The van der Waals surface area contributed by atoms with Crippen LogP contribution in [0.25, 0.3) is 0 Å². The Morgan fingerprint density at radius 2 is 1.76 bits per heavy atom. The third-order valence-corrected chi connectivity index (χ3v) is 4.41. The fourth-order valence-corrected chi connectivity index (χ4v) is 3.28. The molecule has 21 heavy (non-hydrogen) atoms. The first-order chi connectivity index (χ1) is 10.0. The molecule has 0 spiro atoms. The topological polar surface area (TPSA) is 9.23 Å². The van der Waals surface area contributed by atoms with Crippen LogP contribution in [0.3, 0.4) is 0 Å². The summed E-state index contributed by atoms with van der Waals surface area (Å²) in [5.74, 6) is 1.66. The van der Waals surface area contributed by atoms with E-state index < -0.39 is 0 Å². The van der Waals surface area contributed by atoms with Crippen molar-refractivity contribution < 1.29 is 4.74 Å². The lowest BCUT2D eigenvalue weighted by molar-refractivity contribution is 0.204. The minimum atomic E-state index is 0.282. The lowest BCUT2D eigenvalue weighted by atomic mass is 9.73. The lowest BCUT2D eigenvalue weighted by Gasteiger charge is -2.36. The standard InChI is InChI=1S/C20H24O/c1-20(2,3)18-11-12-21-19-10-9-16(14-17(18)19)13-15-7-5-4-6-8-15/h4-10,14,18H,11-13H2,1-3H3. The average Bonchev–Trinajstić information content (AvgIpc) is 2.46. The highest BCUT2D eigenvalue weighted by Gasteiger charge is 2.31. The van der Waals surface area contributed by atoms with Crippen molar-refractivity contribution >= 4 is 0 Å². The Morgan fingerprint density at radius 1 is 1.00 bits per heavy atom. The number of hydrogen-bond donors (Lipinski definition) is 0. The third kappa shape index (κ3) is 3.12. The zero-order valence-corrected chi connectivity index (χ0v) is 13.2. The molecule has 0 fully saturated rings. The monoisotopic (exact) mass is 280 g/mol. The fraction of sp³-hybridized carbons (Fsp3) is 0.400. The number of fused-ring (bicyclic) bond motifs is 1. The van der Waals surface area contributed by atoms with Gasteiger partial charge in [-0.25, -0.2) is 0 Å². The summed E-state index contributed by atoms with van der Waals surface area (Å²) >= 11 is 0. The molecular weight excluding hydrogens is 256 g/mol. The van der Waals surface area contributed by atoms with Crippen molar-refractivity contribution in [3.05, 3.63) is 65.2 Å². The van der Waals surface area contributed by atoms with Gasteiger partial charge in [0.25, 0.3) is 0 Å². The normalized spacial score (nSPS) is 18.0. The number of hydrogen-bond acceptors (Lipinski definition) is 1. The van der Waals surface area contributed by atoms with Gasteiger partial charge in [0.2, 0.25) is 0 Å². The molecule has 1 unspecified atom stereocenters. The third-order valence-electron chi connectivity index (χ3n) is 4.41. The second-order valence-corrected chi connectivity index (χ2v) is 7.09. The second-order valence-electron chi connectivity index (χ2n) is 7.09. The van der Waals surface area contributed by atoms with E-state index in [4.69, 9.17) is 4.74 Å². The fourth-order valence-electron chi connectivity index (χ4n) is 3.28. The van der Waals surface area contributed by atoms with Crippen molar-refractivity contribution in [2.75, 3.05) is 6.61 Å². The molecule has 110 valence electrons. The highest BCUT2D eigenvalue weighted by Crippen LogP contribution is 2.44. The number of benzene rings is 2. The number of rotatable bonds is 2. The van der Waals surface area contributed by atoms with Gasteiger partial charge in [0.1, 0.15) is 5.75 Å². The van der Waals surface area contributed by atoms with Crippen LogP contribution < -0.4 is 4.74 Å². The van der Waals surface area contributed by atoms with Crippen LogP contribution in [-0.4, -0.2) is 6.61 Å². The van der Waals surface area contributed by atoms with Gasteiger partial charge in [-0.1, -0.05) is 63.2 Å². The Hall–Kier alpha value is -1.76. The van der Waals surface area contributed by atoms with Crippen molar-refractivity contribution in [1.82, 2.24) is 0 Å². The lowest BCUT2D eigenvalue weighted by Crippen LogP contribution is -2.25. The summed E-state index contributed by atoms with van der Waals surface area (Å²) in [5, 5.41) is 0. The van der Waals surface area contributed by atoms with E-state index in [1.807, 2.05) is 0 Å². The molecule has 2 aromatic carbocycles. The first-order valence-electron chi connectivity index (χ1n) is 7.83. The minimum Gasteiger partial charge on any atom is -0.493 e. The molecule has 0 N–H and O–H groups in total. The maximum Gasteiger partial charge on any atom is 0.122 e. The van der Waals surface area contributed by atoms with E-state index in [1.165, 1.54) is 16.7 Å². The highest BCUT2D eigenvalue weighted by molar-refractivity contribution is 5.43. The molecule has 0 saturated heterocycles. The predicted molar refractivity (Wildman–Crippen MR) is 88.0 cm³/mol. The van der Waals surface area contributed by atoms with Crippen LogP contribution in [0.2, 0.25) is 0 Å². The van der Waals surface area contributed by atoms with E-state index >= 15 is 0 Å². The van der Waals surface area contributed by atoms with Crippen LogP contribution >= 0.6 is 0 Å². The summed E-state index contributed by atoms with van der Waals surface area (Å²) in [6.45, 7) is 7.83. The highest BCUT2D eigenvalue weighted by atomic mass is 16.5. The summed E-state index contributed by atoms with van der Waals surface area (Å²) in [4.78, 5) is 0. The van der Waals surface area contributed by atoms with E-state index in [1.54, 1.807) is 0 Å². The van der Waals surface area contributed by atoms with Gasteiger partial charge in [-0.2, -0.15) is 0 Å². The molecule has 1 heteroatoms. The molecule has 2 aromatic rings. The molecule has 1 heterocycles. The van der Waals surface area contributed by atoms with Crippen LogP contribution in [0.4, 0.5) is 0 Å². The summed E-state index contributed by atoms with van der Waals surface area (Å²) in [7, 11) is 0. The summed E-state index contributed by atoms with van der Waals surface area (Å²) in [6, 6.07) is 17.4. The Bertz CT molecular complexity index is 607. The van der Waals surface area contributed by atoms with Crippen LogP contribution in [0, 0.1) is 5.41 Å². The molecule has 0 saturated carbocycles. The van der Waals surface area contributed by atoms with Gasteiger partial charge in [0.05, 0.1) is 6.61 Å². The average molecular weight is 280 g/mol. The summed E-state index contributed by atoms with van der Waals surface area (Å²) in [5.41, 5.74) is 4.41. The predicted octanol–water partition coefficient (Wildman–Crippen LogP) is 5.19. The molecular formula is C20H24O. The van der Waals surface area contributed by atoms with Gasteiger partial charge in [0, 0.05) is 0 Å². The first-order valence-corrected chi connectivity index (χ1v) is 7.83. The second kappa shape index (κ2) is 5.55. The van der Waals surface area contributed by atoms with Crippen LogP contribution in [0.5, 0.6) is 5.75 Å². The van der Waals surface area contributed by atoms with Crippen LogP contribution in [-0.2, 0) is 6.42 Å². The molecule has 0 bridgehead atoms. The van der Waals surface area contributed by atoms with E-state index in [9.17, 15) is 0 Å². The maximum atomic E-state index is 5.85. The van der Waals surface area contributed by atoms with E-state index in [-0.39, 0.29) is 5.41 Å². The van der Waals surface area contributed by atoms with Crippen LogP contribution in [0.15, 0.2) is 48.5 Å². The van der Waals surface area contributed by atoms with E-state index in [0.29, 0.717) is 5.92 Å². The largest absolute Gasteiger partial charge is 0.493 e. The van der Waals surface area contributed by atoms with Gasteiger partial charge >= 0.3 is 0 Å². The SMILES string of the molecule is CC(C)(C)C1CCOc2ccc(Cc3ccccc3)cc21. The van der Waals surface area contributed by atoms with Gasteiger partial charge in [-0.15, -0.1) is 0 Å². The molecule has 0 aliphatic carbocycles. The molecule has 0 radical (unpaired) electrons. The summed E-state index contributed by atoms with van der Waals surface area (Å²) in [6.07, 6.45) is 2.11. The van der Waals surface area contributed by atoms with Gasteiger partial charge < -0.3 is 4.74 Å². The Morgan fingerprint density at radius 3 is 2.48 bits per heavy atom. The zero-order valence-electron chi connectivity index (χ0n) is 13.2. The molecule has 1 nitrogen and oxygen atoms in total. The van der Waals surface area contributed by atoms with Crippen molar-refractivity contribution in [1.29, 1.82) is 0 Å². The van der Waals surface area contributed by atoms with Gasteiger partial charge in [-0.05, 0) is 46.9 Å². The Kier molecular flexibility index (Phi) is 3.75. The molecule has 1 aliphatic heterocycles. The molecule has 0 aromatic heterocycles. The molecule has 0 amide bonds. The maximum absolute atomic E-state index is 5.85. The van der Waals surface area contributed by atoms with Crippen molar-refractivity contribution in [2.45, 2.75) is 39.5 Å². The van der Waals surface area contributed by atoms with E-state index in [2.05, 4.69) is 69.3 Å². The first kappa shape index (κ1) is 14.2. The molecule has 1 aliphatic rings.